The molecule has 7 nitrogen and oxygen atoms in total. The van der Waals surface area contributed by atoms with E-state index in [-0.39, 0.29) is 11.6 Å². The molecular weight excluding hydrogens is 668 g/mol. The number of carbonyl (C=O) groups is 3. The normalized spacial score (nSPS) is 11.8. The minimum atomic E-state index is -0.486. The molecule has 3 N–H and O–H groups in total. The zero-order valence-electron chi connectivity index (χ0n) is 24.4. The molecule has 5 aromatic rings. The fourth-order valence-corrected chi connectivity index (χ4v) is 6.27. The number of aryl methyl sites for hydroxylation is 1. The maximum absolute atomic E-state index is 13.5. The molecule has 45 heavy (non-hydrogen) atoms. The number of anilines is 2. The predicted octanol–water partition coefficient (Wildman–Crippen LogP) is 8.41. The summed E-state index contributed by atoms with van der Waals surface area (Å²) in [7, 11) is 0. The van der Waals surface area contributed by atoms with E-state index in [1.165, 1.54) is 28.7 Å². The van der Waals surface area contributed by atoms with Gasteiger partial charge in [0.1, 0.15) is 5.70 Å². The molecular formula is C35H29BrN4O3S2. The van der Waals surface area contributed by atoms with Crippen molar-refractivity contribution in [1.82, 2.24) is 10.3 Å². The number of benzene rings is 4. The number of nitrogens with zero attached hydrogens (tertiary/aromatic N) is 1. The molecule has 4 aromatic carbocycles. The first-order chi connectivity index (χ1) is 21.7. The Morgan fingerprint density at radius 2 is 1.64 bits per heavy atom. The molecule has 1 heterocycles. The molecule has 0 aliphatic rings. The molecule has 0 saturated carbocycles. The van der Waals surface area contributed by atoms with Crippen LogP contribution in [0.15, 0.2) is 124 Å². The molecule has 0 spiro atoms. The van der Waals surface area contributed by atoms with Gasteiger partial charge in [-0.2, -0.15) is 0 Å². The van der Waals surface area contributed by atoms with Crippen LogP contribution in [0.4, 0.5) is 10.8 Å². The summed E-state index contributed by atoms with van der Waals surface area (Å²) in [6.07, 6.45) is 1.62. The third-order valence-electron chi connectivity index (χ3n) is 6.54. The van der Waals surface area contributed by atoms with E-state index in [2.05, 4.69) is 36.9 Å². The summed E-state index contributed by atoms with van der Waals surface area (Å²) in [5, 5.41) is 10.6. The van der Waals surface area contributed by atoms with Crippen LogP contribution in [0.25, 0.3) is 17.3 Å². The van der Waals surface area contributed by atoms with Crippen LogP contribution in [0.1, 0.15) is 28.4 Å². The molecule has 0 aliphatic heterocycles. The molecule has 0 fully saturated rings. The van der Waals surface area contributed by atoms with Crippen LogP contribution in [0, 0.1) is 6.92 Å². The average molecular weight is 698 g/mol. The molecule has 1 aromatic heterocycles. The average Bonchev–Trinajstić information content (AvgIpc) is 3.50. The van der Waals surface area contributed by atoms with Crippen molar-refractivity contribution in [2.45, 2.75) is 24.0 Å². The van der Waals surface area contributed by atoms with Gasteiger partial charge in [0, 0.05) is 31.6 Å². The molecule has 0 saturated heterocycles. The topological polar surface area (TPSA) is 100 Å². The quantitative estimate of drug-likeness (QED) is 0.101. The lowest BCUT2D eigenvalue weighted by atomic mass is 10.1. The molecule has 10 heteroatoms. The Labute approximate surface area is 278 Å². The van der Waals surface area contributed by atoms with Crippen molar-refractivity contribution in [2.75, 3.05) is 10.6 Å². The van der Waals surface area contributed by atoms with Gasteiger partial charge in [0.15, 0.2) is 5.13 Å². The first-order valence-corrected chi connectivity index (χ1v) is 16.5. The monoisotopic (exact) mass is 696 g/mol. The van der Waals surface area contributed by atoms with Gasteiger partial charge in [0.25, 0.3) is 11.8 Å². The van der Waals surface area contributed by atoms with Crippen LogP contribution in [0.3, 0.4) is 0 Å². The van der Waals surface area contributed by atoms with E-state index in [4.69, 9.17) is 0 Å². The first-order valence-electron chi connectivity index (χ1n) is 14.0. The standard InChI is InChI=1S/C35H29BrN4O3S2/c1-22-14-16-25(17-15-22)31-21-44-35(39-31)40-32(41)23(2)45-29-13-7-12-28(20-29)37-34(43)30(19-24-8-6-11-27(36)18-24)38-33(42)26-9-4-3-5-10-26/h3-21,23H,1-2H3,(H,37,43)(H,38,42)(H,39,40,41)/b30-19+. The SMILES string of the molecule is Cc1ccc(-c2csc(NC(=O)C(C)Sc3cccc(NC(=O)/C(=C\c4cccc(Br)c4)NC(=O)c4ccccc4)c3)n2)cc1. The van der Waals surface area contributed by atoms with E-state index >= 15 is 0 Å². The molecule has 1 atom stereocenters. The molecule has 0 bridgehead atoms. The number of hydrogen-bond acceptors (Lipinski definition) is 6. The highest BCUT2D eigenvalue weighted by Gasteiger charge is 2.18. The van der Waals surface area contributed by atoms with Crippen molar-refractivity contribution in [2.24, 2.45) is 0 Å². The van der Waals surface area contributed by atoms with Gasteiger partial charge in [0.05, 0.1) is 10.9 Å². The van der Waals surface area contributed by atoms with E-state index in [0.717, 1.165) is 26.2 Å². The zero-order chi connectivity index (χ0) is 31.8. The van der Waals surface area contributed by atoms with E-state index in [0.29, 0.717) is 16.4 Å². The number of nitrogens with one attached hydrogen (secondary N) is 3. The van der Waals surface area contributed by atoms with Crippen molar-refractivity contribution in [3.63, 3.8) is 0 Å². The van der Waals surface area contributed by atoms with E-state index in [1.807, 2.05) is 79.9 Å². The number of thiazole rings is 1. The summed E-state index contributed by atoms with van der Waals surface area (Å²) in [4.78, 5) is 44.7. The number of aromatic nitrogens is 1. The second kappa shape index (κ2) is 15.0. The summed E-state index contributed by atoms with van der Waals surface area (Å²) >= 11 is 6.19. The second-order valence-electron chi connectivity index (χ2n) is 10.1. The molecule has 0 radical (unpaired) electrons. The second-order valence-corrected chi connectivity index (χ2v) is 13.3. The van der Waals surface area contributed by atoms with Gasteiger partial charge in [-0.15, -0.1) is 23.1 Å². The number of halogens is 1. The fourth-order valence-electron chi connectivity index (χ4n) is 4.20. The smallest absolute Gasteiger partial charge is 0.272 e. The van der Waals surface area contributed by atoms with Gasteiger partial charge in [-0.05, 0) is 68.0 Å². The summed E-state index contributed by atoms with van der Waals surface area (Å²) in [5.41, 5.74) is 4.75. The molecule has 1 unspecified atom stereocenters. The van der Waals surface area contributed by atoms with Crippen LogP contribution in [-0.4, -0.2) is 28.0 Å². The number of carbonyl (C=O) groups excluding carboxylic acids is 3. The number of thioether (sulfide) groups is 1. The van der Waals surface area contributed by atoms with Crippen LogP contribution >= 0.6 is 39.0 Å². The first kappa shape index (κ1) is 31.9. The summed E-state index contributed by atoms with van der Waals surface area (Å²) in [6.45, 7) is 3.85. The Bertz CT molecular complexity index is 1860. The molecule has 226 valence electrons. The Morgan fingerprint density at radius 3 is 2.40 bits per heavy atom. The maximum atomic E-state index is 13.5. The zero-order valence-corrected chi connectivity index (χ0v) is 27.6. The minimum Gasteiger partial charge on any atom is -0.321 e. The van der Waals surface area contributed by atoms with E-state index in [9.17, 15) is 14.4 Å². The van der Waals surface area contributed by atoms with E-state index in [1.54, 1.807) is 48.5 Å². The van der Waals surface area contributed by atoms with Crippen molar-refractivity contribution in [3.05, 3.63) is 135 Å². The molecule has 0 aliphatic carbocycles. The predicted molar refractivity (Wildman–Crippen MR) is 187 cm³/mol. The molecule has 3 amide bonds. The fraction of sp³-hybridized carbons (Fsp3) is 0.0857. The lowest BCUT2D eigenvalue weighted by Gasteiger charge is -2.14. The Morgan fingerprint density at radius 1 is 0.889 bits per heavy atom. The number of hydrogen-bond donors (Lipinski definition) is 3. The van der Waals surface area contributed by atoms with Gasteiger partial charge >= 0.3 is 0 Å². The molecule has 5 rings (SSSR count). The Balaban J connectivity index is 1.25. The lowest BCUT2D eigenvalue weighted by molar-refractivity contribution is -0.115. The van der Waals surface area contributed by atoms with Gasteiger partial charge < -0.3 is 16.0 Å². The Hall–Kier alpha value is -4.51. The third-order valence-corrected chi connectivity index (χ3v) is 8.89. The summed E-state index contributed by atoms with van der Waals surface area (Å²) < 4.78 is 0.842. The minimum absolute atomic E-state index is 0.0845. The van der Waals surface area contributed by atoms with Crippen LogP contribution in [-0.2, 0) is 9.59 Å². The van der Waals surface area contributed by atoms with Crippen LogP contribution in [0.2, 0.25) is 0 Å². The maximum Gasteiger partial charge on any atom is 0.272 e. The highest BCUT2D eigenvalue weighted by molar-refractivity contribution is 9.10. The third kappa shape index (κ3) is 9.01. The highest BCUT2D eigenvalue weighted by atomic mass is 79.9. The van der Waals surface area contributed by atoms with Gasteiger partial charge in [-0.3, -0.25) is 14.4 Å². The summed E-state index contributed by atoms with van der Waals surface area (Å²) in [5.74, 6) is -1.06. The number of rotatable bonds is 10. The van der Waals surface area contributed by atoms with E-state index < -0.39 is 17.1 Å². The Kier molecular flexibility index (Phi) is 10.6. The van der Waals surface area contributed by atoms with Gasteiger partial charge in [0.2, 0.25) is 5.91 Å². The van der Waals surface area contributed by atoms with Crippen molar-refractivity contribution < 1.29 is 14.4 Å². The number of amides is 3. The largest absolute Gasteiger partial charge is 0.321 e. The highest BCUT2D eigenvalue weighted by Crippen LogP contribution is 2.29. The van der Waals surface area contributed by atoms with Crippen molar-refractivity contribution >= 4 is 73.6 Å². The van der Waals surface area contributed by atoms with Gasteiger partial charge in [-0.1, -0.05) is 82.2 Å². The van der Waals surface area contributed by atoms with Gasteiger partial charge in [-0.25, -0.2) is 4.98 Å². The summed E-state index contributed by atoms with van der Waals surface area (Å²) in [6, 6.07) is 31.4. The van der Waals surface area contributed by atoms with Crippen molar-refractivity contribution in [1.29, 1.82) is 0 Å². The van der Waals surface area contributed by atoms with Crippen LogP contribution < -0.4 is 16.0 Å². The van der Waals surface area contributed by atoms with Crippen LogP contribution in [0.5, 0.6) is 0 Å². The lowest BCUT2D eigenvalue weighted by Crippen LogP contribution is -2.30. The van der Waals surface area contributed by atoms with Crippen molar-refractivity contribution in [3.8, 4) is 11.3 Å².